The van der Waals surface area contributed by atoms with Crippen molar-refractivity contribution in [3.8, 4) is 28.7 Å². The zero-order chi connectivity index (χ0) is 25.7. The summed E-state index contributed by atoms with van der Waals surface area (Å²) in [5.74, 6) is 5.89. The van der Waals surface area contributed by atoms with Crippen molar-refractivity contribution in [1.29, 1.82) is 0 Å². The van der Waals surface area contributed by atoms with Crippen LogP contribution in [0.3, 0.4) is 0 Å². The molecule has 4 N–H and O–H groups in total. The maximum absolute atomic E-state index is 13.5. The number of benzene rings is 1. The number of hydrogen-bond donors (Lipinski definition) is 2. The SMILES string of the molecule is COc1cnc(C(F)F)cc1-c1cc([N-]C2CCOC2)ccc1C(=O)N=C(N)SC(N)C#CC1CC1.[K+]. The number of methoxy groups -OCH3 is 1. The monoisotopic (exact) mass is 553 g/mol. The number of carbonyl (C=O) groups is 1. The van der Waals surface area contributed by atoms with Crippen LogP contribution in [0, 0.1) is 17.8 Å². The van der Waals surface area contributed by atoms with Gasteiger partial charge in [-0.25, -0.2) is 8.78 Å². The van der Waals surface area contributed by atoms with Crippen LogP contribution in [0.15, 0.2) is 35.5 Å². The van der Waals surface area contributed by atoms with Crippen LogP contribution in [0.25, 0.3) is 16.4 Å². The van der Waals surface area contributed by atoms with E-state index in [0.29, 0.717) is 30.4 Å². The maximum Gasteiger partial charge on any atom is 1.00 e. The molecule has 1 aromatic heterocycles. The van der Waals surface area contributed by atoms with Crippen LogP contribution < -0.4 is 67.6 Å². The number of hydrogen-bond acceptors (Lipinski definition) is 6. The fourth-order valence-electron chi connectivity index (χ4n) is 3.58. The number of nitrogens with two attached hydrogens (primary N) is 2. The molecule has 1 aliphatic heterocycles. The average molecular weight is 554 g/mol. The molecule has 1 aliphatic carbocycles. The third-order valence-corrected chi connectivity index (χ3v) is 6.26. The van der Waals surface area contributed by atoms with Crippen LogP contribution in [0.2, 0.25) is 0 Å². The van der Waals surface area contributed by atoms with E-state index in [9.17, 15) is 13.6 Å². The van der Waals surface area contributed by atoms with E-state index in [2.05, 4.69) is 27.1 Å². The Kier molecular flexibility index (Phi) is 11.3. The van der Waals surface area contributed by atoms with Gasteiger partial charge >= 0.3 is 51.4 Å². The second-order valence-electron chi connectivity index (χ2n) is 8.34. The molecule has 1 saturated carbocycles. The minimum Gasteiger partial charge on any atom is -0.680 e. The molecule has 2 aromatic rings. The maximum atomic E-state index is 13.5. The Morgan fingerprint density at radius 2 is 2.08 bits per heavy atom. The van der Waals surface area contributed by atoms with Crippen molar-refractivity contribution in [2.24, 2.45) is 22.4 Å². The van der Waals surface area contributed by atoms with Crippen LogP contribution >= 0.6 is 11.8 Å². The van der Waals surface area contributed by atoms with Gasteiger partial charge in [-0.05, 0) is 37.0 Å². The van der Waals surface area contributed by atoms with Gasteiger partial charge in [0.15, 0.2) is 5.17 Å². The van der Waals surface area contributed by atoms with Gasteiger partial charge in [-0.1, -0.05) is 41.8 Å². The summed E-state index contributed by atoms with van der Waals surface area (Å²) in [4.78, 5) is 20.9. The quantitative estimate of drug-likeness (QED) is 0.174. The first-order valence-corrected chi connectivity index (χ1v) is 12.3. The molecule has 2 heterocycles. The number of pyridine rings is 1. The number of nitrogens with zero attached hydrogens (tertiary/aromatic N) is 3. The molecule has 2 fully saturated rings. The second kappa shape index (κ2) is 14.0. The number of amidine groups is 1. The fraction of sp³-hybridized carbons (Fsp3) is 0.400. The van der Waals surface area contributed by atoms with E-state index in [-0.39, 0.29) is 79.5 Å². The van der Waals surface area contributed by atoms with Gasteiger partial charge < -0.3 is 26.3 Å². The molecule has 0 bridgehead atoms. The molecular formula is C25H26F2KN5O3S. The van der Waals surface area contributed by atoms with Crippen molar-refractivity contribution in [1.82, 2.24) is 4.98 Å². The van der Waals surface area contributed by atoms with E-state index in [1.807, 2.05) is 0 Å². The topological polar surface area (TPSA) is 127 Å². The molecule has 190 valence electrons. The molecule has 0 radical (unpaired) electrons. The minimum absolute atomic E-state index is 0. The van der Waals surface area contributed by atoms with Gasteiger partial charge in [-0.3, -0.25) is 9.78 Å². The second-order valence-corrected chi connectivity index (χ2v) is 9.50. The number of halogens is 2. The van der Waals surface area contributed by atoms with Crippen molar-refractivity contribution >= 4 is 28.5 Å². The number of thioether (sulfide) groups is 1. The molecule has 8 nitrogen and oxygen atoms in total. The minimum atomic E-state index is -2.80. The summed E-state index contributed by atoms with van der Waals surface area (Å²) in [7, 11) is 1.39. The van der Waals surface area contributed by atoms with E-state index >= 15 is 0 Å². The number of aliphatic imine (C=N–C) groups is 1. The van der Waals surface area contributed by atoms with Crippen LogP contribution in [0.4, 0.5) is 14.5 Å². The Labute approximate surface area is 261 Å². The van der Waals surface area contributed by atoms with E-state index in [0.717, 1.165) is 31.0 Å². The Balaban J connectivity index is 0.00000380. The summed E-state index contributed by atoms with van der Waals surface area (Å²) in [5.41, 5.74) is 12.8. The first-order valence-electron chi connectivity index (χ1n) is 11.4. The Bertz CT molecular complexity index is 1210. The number of rotatable bonds is 7. The van der Waals surface area contributed by atoms with Crippen LogP contribution in [-0.2, 0) is 4.74 Å². The van der Waals surface area contributed by atoms with Crippen LogP contribution in [0.1, 0.15) is 41.7 Å². The van der Waals surface area contributed by atoms with E-state index in [1.165, 1.54) is 19.4 Å². The Morgan fingerprint density at radius 1 is 1.30 bits per heavy atom. The molecule has 2 unspecified atom stereocenters. The van der Waals surface area contributed by atoms with E-state index in [4.69, 9.17) is 20.9 Å². The van der Waals surface area contributed by atoms with Gasteiger partial charge in [0, 0.05) is 30.3 Å². The third kappa shape index (κ3) is 8.46. The normalized spacial score (nSPS) is 18.0. The van der Waals surface area contributed by atoms with Gasteiger partial charge in [0.1, 0.15) is 16.8 Å². The Hall–Kier alpha value is -1.56. The third-order valence-electron chi connectivity index (χ3n) is 5.56. The fourth-order valence-corrected chi connectivity index (χ4v) is 4.10. The molecule has 1 saturated heterocycles. The number of alkyl halides is 2. The van der Waals surface area contributed by atoms with Crippen molar-refractivity contribution in [2.75, 3.05) is 20.3 Å². The molecule has 2 atom stereocenters. The summed E-state index contributed by atoms with van der Waals surface area (Å²) in [6, 6.07) is 6.03. The van der Waals surface area contributed by atoms with Gasteiger partial charge in [0.05, 0.1) is 13.3 Å². The summed E-state index contributed by atoms with van der Waals surface area (Å²) in [6.45, 7) is 1.11. The van der Waals surface area contributed by atoms with Gasteiger partial charge in [0.2, 0.25) is 0 Å². The molecule has 1 aromatic carbocycles. The molecule has 12 heteroatoms. The van der Waals surface area contributed by atoms with Crippen molar-refractivity contribution in [3.05, 3.63) is 47.0 Å². The molecule has 2 aliphatic rings. The van der Waals surface area contributed by atoms with E-state index in [1.54, 1.807) is 18.2 Å². The summed E-state index contributed by atoms with van der Waals surface area (Å²) < 4.78 is 37.6. The number of aromatic nitrogens is 1. The molecule has 37 heavy (non-hydrogen) atoms. The summed E-state index contributed by atoms with van der Waals surface area (Å²) in [5, 5.41) is 3.99. The largest absolute Gasteiger partial charge is 1.00 e. The van der Waals surface area contributed by atoms with Crippen molar-refractivity contribution in [3.63, 3.8) is 0 Å². The van der Waals surface area contributed by atoms with E-state index < -0.39 is 23.4 Å². The van der Waals surface area contributed by atoms with Gasteiger partial charge in [0.25, 0.3) is 12.3 Å². The van der Waals surface area contributed by atoms with Gasteiger partial charge in [-0.2, -0.15) is 4.99 Å². The number of carbonyl (C=O) groups excluding carboxylic acids is 1. The van der Waals surface area contributed by atoms with Gasteiger partial charge in [-0.15, -0.1) is 5.69 Å². The predicted molar refractivity (Wildman–Crippen MR) is 135 cm³/mol. The number of amides is 1. The Morgan fingerprint density at radius 3 is 2.73 bits per heavy atom. The zero-order valence-corrected chi connectivity index (χ0v) is 24.6. The summed E-state index contributed by atoms with van der Waals surface area (Å²) in [6.07, 6.45) is 1.30. The van der Waals surface area contributed by atoms with Crippen LogP contribution in [0.5, 0.6) is 5.75 Å². The molecular weight excluding hydrogens is 527 g/mol. The number of ether oxygens (including phenoxy) is 2. The first kappa shape index (κ1) is 30.0. The summed E-state index contributed by atoms with van der Waals surface area (Å²) >= 11 is 0.977. The predicted octanol–water partition coefficient (Wildman–Crippen LogP) is 1.38. The standard InChI is InChI=1S/C25H27F2N5O3S.K/c1-34-21-12-30-20(23(26)27)11-19(21)18-10-15(31-16-8-9-35-13-16)5-6-17(18)24(33)32-25(29)36-22(28)7-4-14-2-3-14;/h5-6,10-12,14,16,22-23H,2-3,8-9,13,28H2,1H3,(H3,29,31,32,33);/q;+1/p-1. The first-order chi connectivity index (χ1) is 17.3. The molecule has 0 spiro atoms. The molecule has 4 rings (SSSR count). The zero-order valence-electron chi connectivity index (χ0n) is 20.6. The smallest absolute Gasteiger partial charge is 0.680 e. The average Bonchev–Trinajstić information content (AvgIpc) is 3.56. The van der Waals surface area contributed by atoms with Crippen LogP contribution in [-0.4, -0.2) is 47.8 Å². The van der Waals surface area contributed by atoms with Crippen molar-refractivity contribution in [2.45, 2.75) is 37.1 Å². The van der Waals surface area contributed by atoms with Crippen molar-refractivity contribution < 1.29 is 74.4 Å². The molecule has 1 amide bonds.